The van der Waals surface area contributed by atoms with Crippen LogP contribution in [0.4, 0.5) is 13.2 Å². The normalized spacial score (nSPS) is 11.3. The van der Waals surface area contributed by atoms with Crippen molar-refractivity contribution in [1.29, 1.82) is 0 Å². The fourth-order valence-electron chi connectivity index (χ4n) is 3.01. The highest BCUT2D eigenvalue weighted by Crippen LogP contribution is 2.33. The third kappa shape index (κ3) is 2.25. The maximum absolute atomic E-state index is 13.8. The average Bonchev–Trinajstić information content (AvgIpc) is 2.56. The summed E-state index contributed by atoms with van der Waals surface area (Å²) in [4.78, 5) is 0. The molecule has 0 unspecified atom stereocenters. The van der Waals surface area contributed by atoms with E-state index in [0.717, 1.165) is 26.9 Å². The molecule has 0 atom stereocenters. The van der Waals surface area contributed by atoms with Crippen molar-refractivity contribution in [3.05, 3.63) is 78.4 Å². The van der Waals surface area contributed by atoms with E-state index in [4.69, 9.17) is 0 Å². The third-order valence-electron chi connectivity index (χ3n) is 4.10. The lowest BCUT2D eigenvalue weighted by Gasteiger charge is -2.08. The van der Waals surface area contributed by atoms with Gasteiger partial charge >= 0.3 is 6.08 Å². The van der Waals surface area contributed by atoms with Gasteiger partial charge in [-0.2, -0.15) is 8.78 Å². The van der Waals surface area contributed by atoms with Crippen LogP contribution in [0.2, 0.25) is 0 Å². The predicted octanol–water partition coefficient (Wildman–Crippen LogP) is 6.68. The van der Waals surface area contributed by atoms with E-state index in [0.29, 0.717) is 5.39 Å². The first kappa shape index (κ1) is 13.8. The van der Waals surface area contributed by atoms with Crippen molar-refractivity contribution < 1.29 is 13.2 Å². The van der Waals surface area contributed by atoms with Crippen LogP contribution in [-0.4, -0.2) is 0 Å². The van der Waals surface area contributed by atoms with Crippen molar-refractivity contribution >= 4 is 38.1 Å². The first-order chi connectivity index (χ1) is 11.1. The van der Waals surface area contributed by atoms with Gasteiger partial charge in [0.25, 0.3) is 0 Å². The molecule has 0 aliphatic carbocycles. The van der Waals surface area contributed by atoms with E-state index in [1.165, 1.54) is 6.07 Å². The highest BCUT2D eigenvalue weighted by atomic mass is 19.3. The lowest BCUT2D eigenvalue weighted by Crippen LogP contribution is -1.85. The molecule has 4 rings (SSSR count). The van der Waals surface area contributed by atoms with Crippen LogP contribution >= 0.6 is 0 Å². The quantitative estimate of drug-likeness (QED) is 0.344. The summed E-state index contributed by atoms with van der Waals surface area (Å²) in [7, 11) is 0. The van der Waals surface area contributed by atoms with Crippen molar-refractivity contribution in [1.82, 2.24) is 0 Å². The van der Waals surface area contributed by atoms with Crippen molar-refractivity contribution in [2.24, 2.45) is 0 Å². The molecule has 112 valence electrons. The zero-order valence-electron chi connectivity index (χ0n) is 12.0. The molecule has 0 aliphatic heterocycles. The Hall–Kier alpha value is -2.81. The minimum atomic E-state index is -2.30. The lowest BCUT2D eigenvalue weighted by atomic mass is 9.97. The molecule has 0 aromatic heterocycles. The molecule has 0 spiro atoms. The van der Waals surface area contributed by atoms with Gasteiger partial charge in [-0.25, -0.2) is 4.39 Å². The minimum absolute atomic E-state index is 0.0717. The summed E-state index contributed by atoms with van der Waals surface area (Å²) in [5.74, 6) is -1.46. The van der Waals surface area contributed by atoms with Crippen molar-refractivity contribution in [3.8, 4) is 0 Å². The summed E-state index contributed by atoms with van der Waals surface area (Å²) in [5, 5.41) is 5.29. The first-order valence-corrected chi connectivity index (χ1v) is 7.20. The van der Waals surface area contributed by atoms with E-state index >= 15 is 0 Å². The minimum Gasteiger partial charge on any atom is -0.200 e. The Morgan fingerprint density at radius 2 is 1.13 bits per heavy atom. The Balaban J connectivity index is 2.11. The van der Waals surface area contributed by atoms with E-state index in [1.807, 2.05) is 36.4 Å². The Kier molecular flexibility index (Phi) is 3.08. The number of hydrogen-bond donors (Lipinski definition) is 0. The molecule has 23 heavy (non-hydrogen) atoms. The van der Waals surface area contributed by atoms with Gasteiger partial charge in [-0.1, -0.05) is 42.5 Å². The average molecular weight is 308 g/mol. The van der Waals surface area contributed by atoms with Crippen LogP contribution in [0.1, 0.15) is 5.56 Å². The zero-order chi connectivity index (χ0) is 16.0. The van der Waals surface area contributed by atoms with Crippen LogP contribution in [-0.2, 0) is 0 Å². The molecule has 0 nitrogen and oxygen atoms in total. The summed E-state index contributed by atoms with van der Waals surface area (Å²) in [6.07, 6.45) is -2.30. The molecule has 0 aliphatic rings. The SMILES string of the molecule is FC(F)=C(F)c1cccc2cc3cc4ccccc4cc3cc12. The zero-order valence-corrected chi connectivity index (χ0v) is 12.0. The fraction of sp³-hybridized carbons (Fsp3) is 0. The second-order valence-corrected chi connectivity index (χ2v) is 5.50. The van der Waals surface area contributed by atoms with Gasteiger partial charge in [0.05, 0.1) is 0 Å². The molecule has 0 heterocycles. The van der Waals surface area contributed by atoms with E-state index in [2.05, 4.69) is 6.07 Å². The van der Waals surface area contributed by atoms with Gasteiger partial charge in [-0.05, 0) is 56.6 Å². The standard InChI is InChI=1S/C20H11F3/c21-19(20(22)23)17-7-3-6-14-10-15-8-12-4-1-2-5-13(12)9-16(15)11-18(14)17/h1-11H. The van der Waals surface area contributed by atoms with Crippen LogP contribution in [0.15, 0.2) is 72.8 Å². The highest BCUT2D eigenvalue weighted by Gasteiger charge is 2.12. The molecule has 0 amide bonds. The number of hydrogen-bond acceptors (Lipinski definition) is 0. The van der Waals surface area contributed by atoms with Crippen molar-refractivity contribution in [3.63, 3.8) is 0 Å². The molecule has 0 radical (unpaired) electrons. The summed E-state index contributed by atoms with van der Waals surface area (Å²) >= 11 is 0. The monoisotopic (exact) mass is 308 g/mol. The van der Waals surface area contributed by atoms with Gasteiger partial charge in [0.2, 0.25) is 0 Å². The van der Waals surface area contributed by atoms with E-state index < -0.39 is 11.9 Å². The number of fused-ring (bicyclic) bond motifs is 3. The number of rotatable bonds is 1. The van der Waals surface area contributed by atoms with Gasteiger partial charge in [0.1, 0.15) is 0 Å². The molecule has 4 aromatic rings. The van der Waals surface area contributed by atoms with Crippen LogP contribution < -0.4 is 0 Å². The first-order valence-electron chi connectivity index (χ1n) is 7.20. The summed E-state index contributed by atoms with van der Waals surface area (Å²) in [6.45, 7) is 0. The topological polar surface area (TPSA) is 0 Å². The van der Waals surface area contributed by atoms with Gasteiger partial charge in [0, 0.05) is 5.56 Å². The molecular formula is C20H11F3. The molecule has 4 aromatic carbocycles. The smallest absolute Gasteiger partial charge is 0.200 e. The van der Waals surface area contributed by atoms with Crippen LogP contribution in [0.5, 0.6) is 0 Å². The molecule has 0 fully saturated rings. The van der Waals surface area contributed by atoms with Gasteiger partial charge in [-0.3, -0.25) is 0 Å². The molecular weight excluding hydrogens is 297 g/mol. The number of halogens is 3. The molecule has 0 N–H and O–H groups in total. The largest absolute Gasteiger partial charge is 0.306 e. The fourth-order valence-corrected chi connectivity index (χ4v) is 3.01. The van der Waals surface area contributed by atoms with E-state index in [-0.39, 0.29) is 5.56 Å². The van der Waals surface area contributed by atoms with Crippen LogP contribution in [0, 0.1) is 0 Å². The van der Waals surface area contributed by atoms with E-state index in [1.54, 1.807) is 18.2 Å². The predicted molar refractivity (Wildman–Crippen MR) is 89.2 cm³/mol. The van der Waals surface area contributed by atoms with E-state index in [9.17, 15) is 13.2 Å². The maximum Gasteiger partial charge on any atom is 0.306 e. The van der Waals surface area contributed by atoms with Gasteiger partial charge in [0.15, 0.2) is 5.83 Å². The van der Waals surface area contributed by atoms with Gasteiger partial charge < -0.3 is 0 Å². The Morgan fingerprint density at radius 1 is 0.565 bits per heavy atom. The molecule has 0 bridgehead atoms. The Morgan fingerprint density at radius 3 is 1.78 bits per heavy atom. The summed E-state index contributed by atoms with van der Waals surface area (Å²) in [5.41, 5.74) is -0.0717. The second-order valence-electron chi connectivity index (χ2n) is 5.50. The summed E-state index contributed by atoms with van der Waals surface area (Å²) in [6, 6.07) is 20.4. The Bertz CT molecular complexity index is 1090. The highest BCUT2D eigenvalue weighted by molar-refractivity contribution is 6.06. The Labute approximate surface area is 130 Å². The van der Waals surface area contributed by atoms with Gasteiger partial charge in [-0.15, -0.1) is 0 Å². The molecule has 0 saturated carbocycles. The second kappa shape index (κ2) is 5.13. The van der Waals surface area contributed by atoms with Crippen LogP contribution in [0.25, 0.3) is 38.1 Å². The van der Waals surface area contributed by atoms with Crippen molar-refractivity contribution in [2.75, 3.05) is 0 Å². The lowest BCUT2D eigenvalue weighted by molar-refractivity contribution is 0.410. The third-order valence-corrected chi connectivity index (χ3v) is 4.10. The summed E-state index contributed by atoms with van der Waals surface area (Å²) < 4.78 is 39.1. The molecule has 0 saturated heterocycles. The molecule has 3 heteroatoms. The van der Waals surface area contributed by atoms with Crippen LogP contribution in [0.3, 0.4) is 0 Å². The van der Waals surface area contributed by atoms with Crippen molar-refractivity contribution in [2.45, 2.75) is 0 Å². The number of benzene rings is 4. The maximum atomic E-state index is 13.8.